The molecule has 4 nitrogen and oxygen atoms in total. The quantitative estimate of drug-likeness (QED) is 0.131. The minimum atomic E-state index is -3.97. The standard InChI is InChI=1S/C41H40O4P2/c1-42-46(34-21-9-3-10-22-34,35-23-11-4-12-24-35,36-25-13-5-14-26-36)44-40-33-41(40)45-47(43-2,37-27-15-6-16-28-37,38-29-17-7-18-30-38)39-31-19-8-20-32-39/h3-32,40-41H,33H2,1-2H3. The van der Waals surface area contributed by atoms with Crippen molar-refractivity contribution in [1.82, 2.24) is 0 Å². The van der Waals surface area contributed by atoms with Gasteiger partial charge in [0.2, 0.25) is 0 Å². The summed E-state index contributed by atoms with van der Waals surface area (Å²) >= 11 is 0. The zero-order valence-corrected chi connectivity index (χ0v) is 28.5. The van der Waals surface area contributed by atoms with Gasteiger partial charge in [-0.1, -0.05) is 0 Å². The predicted molar refractivity (Wildman–Crippen MR) is 199 cm³/mol. The fourth-order valence-electron chi connectivity index (χ4n) is 7.06. The first kappa shape index (κ1) is 31.6. The van der Waals surface area contributed by atoms with E-state index in [1.54, 1.807) is 14.2 Å². The van der Waals surface area contributed by atoms with Crippen molar-refractivity contribution in [2.24, 2.45) is 0 Å². The summed E-state index contributed by atoms with van der Waals surface area (Å²) in [6.45, 7) is 0. The van der Waals surface area contributed by atoms with Crippen molar-refractivity contribution < 1.29 is 18.1 Å². The molecule has 0 heterocycles. The van der Waals surface area contributed by atoms with Gasteiger partial charge in [0.05, 0.1) is 0 Å². The number of hydrogen-bond donors (Lipinski definition) is 0. The van der Waals surface area contributed by atoms with Crippen LogP contribution in [0.2, 0.25) is 0 Å². The van der Waals surface area contributed by atoms with Crippen LogP contribution in [0.1, 0.15) is 6.42 Å². The van der Waals surface area contributed by atoms with Crippen molar-refractivity contribution in [2.45, 2.75) is 18.6 Å². The Bertz CT molecular complexity index is 1570. The molecule has 7 rings (SSSR count). The number of rotatable bonds is 12. The van der Waals surface area contributed by atoms with E-state index in [9.17, 15) is 0 Å². The summed E-state index contributed by atoms with van der Waals surface area (Å²) in [5.74, 6) is 0. The second-order valence-electron chi connectivity index (χ2n) is 11.8. The van der Waals surface area contributed by atoms with Gasteiger partial charge < -0.3 is 0 Å². The molecule has 6 aromatic rings. The van der Waals surface area contributed by atoms with E-state index >= 15 is 0 Å². The molecule has 1 aliphatic rings. The van der Waals surface area contributed by atoms with Gasteiger partial charge in [0.15, 0.2) is 0 Å². The first-order valence-electron chi connectivity index (χ1n) is 16.0. The summed E-state index contributed by atoms with van der Waals surface area (Å²) in [4.78, 5) is 0. The molecule has 6 heteroatoms. The van der Waals surface area contributed by atoms with E-state index in [1.807, 2.05) is 36.4 Å². The third kappa shape index (κ3) is 4.83. The van der Waals surface area contributed by atoms with Crippen LogP contribution in [0.3, 0.4) is 0 Å². The molecule has 0 N–H and O–H groups in total. The van der Waals surface area contributed by atoms with Crippen molar-refractivity contribution in [2.75, 3.05) is 14.2 Å². The molecule has 0 saturated heterocycles. The second-order valence-corrected chi connectivity index (χ2v) is 19.9. The van der Waals surface area contributed by atoms with Crippen molar-refractivity contribution in [3.63, 3.8) is 0 Å². The Morgan fingerprint density at radius 1 is 0.340 bits per heavy atom. The maximum atomic E-state index is 7.65. The van der Waals surface area contributed by atoms with Crippen LogP contribution in [0, 0.1) is 0 Å². The summed E-state index contributed by atoms with van der Waals surface area (Å²) in [5, 5.41) is 6.01. The zero-order valence-electron chi connectivity index (χ0n) is 26.7. The maximum absolute atomic E-state index is 7.65. The van der Waals surface area contributed by atoms with Gasteiger partial charge in [-0.25, -0.2) is 0 Å². The Kier molecular flexibility index (Phi) is 8.45. The van der Waals surface area contributed by atoms with Crippen LogP contribution in [0.25, 0.3) is 0 Å². The molecule has 0 aromatic heterocycles. The van der Waals surface area contributed by atoms with Crippen LogP contribution in [-0.2, 0) is 18.1 Å². The van der Waals surface area contributed by atoms with Crippen LogP contribution in [-0.4, -0.2) is 26.4 Å². The molecule has 6 aromatic carbocycles. The molecular weight excluding hydrogens is 618 g/mol. The topological polar surface area (TPSA) is 36.9 Å². The van der Waals surface area contributed by atoms with E-state index in [0.717, 1.165) is 31.8 Å². The Hall–Kier alpha value is -3.98. The van der Waals surface area contributed by atoms with Crippen LogP contribution in [0.5, 0.6) is 0 Å². The molecule has 238 valence electrons. The zero-order chi connectivity index (χ0) is 32.3. The molecule has 2 atom stereocenters. The van der Waals surface area contributed by atoms with Crippen molar-refractivity contribution in [3.05, 3.63) is 182 Å². The van der Waals surface area contributed by atoms with Gasteiger partial charge in [-0.2, -0.15) is 0 Å². The van der Waals surface area contributed by atoms with E-state index in [0.29, 0.717) is 6.42 Å². The summed E-state index contributed by atoms with van der Waals surface area (Å²) in [7, 11) is -4.37. The van der Waals surface area contributed by atoms with Gasteiger partial charge >= 0.3 is 279 Å². The number of benzene rings is 6. The third-order valence-electron chi connectivity index (χ3n) is 9.40. The van der Waals surface area contributed by atoms with Gasteiger partial charge in [-0.3, -0.25) is 0 Å². The SMILES string of the molecule is COP(OC1CC1OP(OC)(c1ccccc1)(c1ccccc1)c1ccccc1)(c1ccccc1)(c1ccccc1)c1ccccc1. The van der Waals surface area contributed by atoms with E-state index < -0.39 is 14.1 Å². The normalized spacial score (nSPS) is 17.9. The average Bonchev–Trinajstić information content (AvgIpc) is 3.91. The average molecular weight is 659 g/mol. The Balaban J connectivity index is 1.42. The monoisotopic (exact) mass is 658 g/mol. The summed E-state index contributed by atoms with van der Waals surface area (Å²) < 4.78 is 29.2. The van der Waals surface area contributed by atoms with Gasteiger partial charge in [0.25, 0.3) is 0 Å². The molecule has 0 aliphatic heterocycles. The van der Waals surface area contributed by atoms with E-state index in [-0.39, 0.29) is 12.2 Å². The molecule has 1 saturated carbocycles. The molecule has 1 aliphatic carbocycles. The van der Waals surface area contributed by atoms with E-state index in [1.165, 1.54) is 0 Å². The van der Waals surface area contributed by atoms with Crippen LogP contribution >= 0.6 is 14.1 Å². The second kappa shape index (κ2) is 12.6. The molecule has 47 heavy (non-hydrogen) atoms. The van der Waals surface area contributed by atoms with Gasteiger partial charge in [0.1, 0.15) is 0 Å². The van der Waals surface area contributed by atoms with Crippen LogP contribution in [0.15, 0.2) is 182 Å². The Morgan fingerprint density at radius 3 is 0.702 bits per heavy atom. The summed E-state index contributed by atoms with van der Waals surface area (Å²) in [6, 6.07) is 62.5. The molecular formula is C41H40O4P2. The molecule has 0 radical (unpaired) electrons. The molecule has 1 fully saturated rings. The van der Waals surface area contributed by atoms with Gasteiger partial charge in [-0.15, -0.1) is 0 Å². The first-order chi connectivity index (χ1) is 23.1. The van der Waals surface area contributed by atoms with Crippen molar-refractivity contribution in [3.8, 4) is 0 Å². The van der Waals surface area contributed by atoms with Gasteiger partial charge in [0, 0.05) is 0 Å². The predicted octanol–water partition coefficient (Wildman–Crippen LogP) is 7.17. The van der Waals surface area contributed by atoms with E-state index in [4.69, 9.17) is 18.1 Å². The molecule has 0 bridgehead atoms. The van der Waals surface area contributed by atoms with Crippen LogP contribution < -0.4 is 31.8 Å². The summed E-state index contributed by atoms with van der Waals surface area (Å²) in [5.41, 5.74) is 0. The van der Waals surface area contributed by atoms with E-state index in [2.05, 4.69) is 146 Å². The number of hydrogen-bond acceptors (Lipinski definition) is 4. The Labute approximate surface area is 278 Å². The molecule has 0 amide bonds. The van der Waals surface area contributed by atoms with Crippen LogP contribution in [0.4, 0.5) is 0 Å². The Morgan fingerprint density at radius 2 is 0.532 bits per heavy atom. The molecule has 2 unspecified atom stereocenters. The fourth-order valence-corrected chi connectivity index (χ4v) is 16.8. The minimum absolute atomic E-state index is 0.277. The molecule has 0 spiro atoms. The van der Waals surface area contributed by atoms with Crippen molar-refractivity contribution >= 4 is 45.9 Å². The van der Waals surface area contributed by atoms with Crippen molar-refractivity contribution in [1.29, 1.82) is 0 Å². The third-order valence-corrected chi connectivity index (χ3v) is 19.6. The first-order valence-corrected chi connectivity index (χ1v) is 20.1. The summed E-state index contributed by atoms with van der Waals surface area (Å²) in [6.07, 6.45) is 0.128. The van der Waals surface area contributed by atoms with Gasteiger partial charge in [-0.05, 0) is 0 Å². The fraction of sp³-hybridized carbons (Fsp3) is 0.122.